The molecular formula is C48H33N3O. The smallest absolute Gasteiger partial charge is 0.164 e. The highest BCUT2D eigenvalue weighted by molar-refractivity contribution is 6.14. The van der Waals surface area contributed by atoms with E-state index in [2.05, 4.69) is 140 Å². The van der Waals surface area contributed by atoms with Crippen LogP contribution >= 0.6 is 0 Å². The molecule has 0 aliphatic heterocycles. The summed E-state index contributed by atoms with van der Waals surface area (Å²) in [5, 5.41) is 6.63. The Morgan fingerprint density at radius 3 is 1.96 bits per heavy atom. The van der Waals surface area contributed by atoms with Gasteiger partial charge in [0.2, 0.25) is 0 Å². The first kappa shape index (κ1) is 30.2. The van der Waals surface area contributed by atoms with Gasteiger partial charge >= 0.3 is 0 Å². The van der Waals surface area contributed by atoms with E-state index in [1.165, 1.54) is 21.9 Å². The van der Waals surface area contributed by atoms with E-state index in [4.69, 9.17) is 19.4 Å². The van der Waals surface area contributed by atoms with E-state index in [1.807, 2.05) is 30.3 Å². The molecule has 0 spiro atoms. The van der Waals surface area contributed by atoms with E-state index in [9.17, 15) is 0 Å². The van der Waals surface area contributed by atoms with Gasteiger partial charge in [-0.15, -0.1) is 0 Å². The Kier molecular flexibility index (Phi) is 7.14. The molecule has 9 aromatic rings. The van der Waals surface area contributed by atoms with Gasteiger partial charge in [0, 0.05) is 27.5 Å². The molecule has 2 heterocycles. The number of aromatic nitrogens is 3. The van der Waals surface area contributed by atoms with Crippen molar-refractivity contribution >= 4 is 49.1 Å². The van der Waals surface area contributed by atoms with E-state index >= 15 is 0 Å². The lowest BCUT2D eigenvalue weighted by molar-refractivity contribution is 0.669. The zero-order valence-corrected chi connectivity index (χ0v) is 28.6. The van der Waals surface area contributed by atoms with Crippen LogP contribution in [0.5, 0.6) is 0 Å². The highest BCUT2D eigenvalue weighted by Gasteiger charge is 2.21. The van der Waals surface area contributed by atoms with Gasteiger partial charge in [0.05, 0.1) is 0 Å². The molecule has 0 saturated carbocycles. The zero-order chi connectivity index (χ0) is 34.6. The van der Waals surface area contributed by atoms with Gasteiger partial charge < -0.3 is 4.42 Å². The van der Waals surface area contributed by atoms with Crippen LogP contribution in [-0.4, -0.2) is 15.0 Å². The van der Waals surface area contributed by atoms with Gasteiger partial charge in [-0.3, -0.25) is 0 Å². The highest BCUT2D eigenvalue weighted by atomic mass is 16.3. The van der Waals surface area contributed by atoms with Gasteiger partial charge in [-0.2, -0.15) is 0 Å². The molecule has 246 valence electrons. The second-order valence-electron chi connectivity index (χ2n) is 13.7. The molecule has 1 unspecified atom stereocenters. The minimum Gasteiger partial charge on any atom is -0.456 e. The molecule has 0 saturated heterocycles. The Bertz CT molecular complexity index is 2880. The molecule has 4 nitrogen and oxygen atoms in total. The molecule has 0 amide bonds. The van der Waals surface area contributed by atoms with Crippen LogP contribution in [0.4, 0.5) is 0 Å². The lowest BCUT2D eigenvalue weighted by Gasteiger charge is -2.15. The van der Waals surface area contributed by atoms with Crippen LogP contribution in [0.3, 0.4) is 0 Å². The predicted octanol–water partition coefficient (Wildman–Crippen LogP) is 12.7. The lowest BCUT2D eigenvalue weighted by atomic mass is 9.90. The van der Waals surface area contributed by atoms with Crippen molar-refractivity contribution < 1.29 is 4.42 Å². The molecule has 0 fully saturated rings. The van der Waals surface area contributed by atoms with Crippen molar-refractivity contribution in [3.05, 3.63) is 169 Å². The summed E-state index contributed by atoms with van der Waals surface area (Å²) >= 11 is 0. The van der Waals surface area contributed by atoms with Crippen molar-refractivity contribution in [2.45, 2.75) is 13.3 Å². The molecule has 1 aliphatic carbocycles. The molecule has 52 heavy (non-hydrogen) atoms. The summed E-state index contributed by atoms with van der Waals surface area (Å²) in [6, 6.07) is 50.9. The summed E-state index contributed by atoms with van der Waals surface area (Å²) in [5.41, 5.74) is 9.19. The third-order valence-corrected chi connectivity index (χ3v) is 10.3. The molecule has 1 aliphatic rings. The van der Waals surface area contributed by atoms with Gasteiger partial charge in [-0.25, -0.2) is 15.0 Å². The average Bonchev–Trinajstić information content (AvgIpc) is 3.59. The summed E-state index contributed by atoms with van der Waals surface area (Å²) in [4.78, 5) is 15.7. The van der Waals surface area contributed by atoms with Crippen molar-refractivity contribution in [1.29, 1.82) is 0 Å². The Morgan fingerprint density at radius 2 is 1.15 bits per heavy atom. The number of benzene rings is 7. The monoisotopic (exact) mass is 667 g/mol. The summed E-state index contributed by atoms with van der Waals surface area (Å²) in [5.74, 6) is 2.39. The van der Waals surface area contributed by atoms with Gasteiger partial charge in [-0.05, 0) is 80.4 Å². The number of rotatable bonds is 5. The van der Waals surface area contributed by atoms with E-state index in [0.29, 0.717) is 23.4 Å². The maximum Gasteiger partial charge on any atom is 0.164 e. The number of furan rings is 1. The van der Waals surface area contributed by atoms with E-state index in [1.54, 1.807) is 0 Å². The number of fused-ring (bicyclic) bond motifs is 6. The quantitative estimate of drug-likeness (QED) is 0.171. The lowest BCUT2D eigenvalue weighted by Crippen LogP contribution is -2.01. The fraction of sp³-hybridized carbons (Fsp3) is 0.0625. The first-order valence-electron chi connectivity index (χ1n) is 17.8. The largest absolute Gasteiger partial charge is 0.456 e. The molecule has 0 bridgehead atoms. The molecule has 0 radical (unpaired) electrons. The Balaban J connectivity index is 1.22. The highest BCUT2D eigenvalue weighted by Crippen LogP contribution is 2.41. The summed E-state index contributed by atoms with van der Waals surface area (Å²) in [6.45, 7) is 2.26. The van der Waals surface area contributed by atoms with Crippen molar-refractivity contribution in [1.82, 2.24) is 15.0 Å². The Morgan fingerprint density at radius 1 is 0.500 bits per heavy atom. The van der Waals surface area contributed by atoms with Gasteiger partial charge in [0.25, 0.3) is 0 Å². The van der Waals surface area contributed by atoms with Crippen LogP contribution in [0, 0.1) is 5.92 Å². The summed E-state index contributed by atoms with van der Waals surface area (Å²) < 4.78 is 6.56. The van der Waals surface area contributed by atoms with E-state index in [-0.39, 0.29) is 0 Å². The van der Waals surface area contributed by atoms with Crippen LogP contribution < -0.4 is 0 Å². The van der Waals surface area contributed by atoms with Crippen LogP contribution in [0.1, 0.15) is 18.9 Å². The minimum absolute atomic E-state index is 0.538. The number of para-hydroxylation sites is 1. The fourth-order valence-electron chi connectivity index (χ4n) is 7.71. The second kappa shape index (κ2) is 12.3. The molecule has 7 aromatic carbocycles. The normalized spacial score (nSPS) is 14.4. The summed E-state index contributed by atoms with van der Waals surface area (Å²) in [6.07, 6.45) is 7.71. The minimum atomic E-state index is 0.538. The molecule has 1 atom stereocenters. The Labute approximate surface area is 301 Å². The number of nitrogens with zero attached hydrogens (tertiary/aromatic N) is 3. The number of hydrogen-bond donors (Lipinski definition) is 0. The van der Waals surface area contributed by atoms with Crippen LogP contribution in [0.15, 0.2) is 168 Å². The molecule has 10 rings (SSSR count). The van der Waals surface area contributed by atoms with Crippen molar-refractivity contribution in [3.8, 4) is 45.3 Å². The number of allylic oxidation sites excluding steroid dienone is 4. The topological polar surface area (TPSA) is 51.8 Å². The third-order valence-electron chi connectivity index (χ3n) is 10.3. The standard InChI is InChI=1S/C48H33N3O/c1-30-12-11-16-34(26-30)31-22-24-32(25-23-31)36-28-42(45-40-20-9-10-21-43(40)52-44(45)29-36)48-50-46(33-13-3-2-4-14-33)49-47(51-48)41-27-35-15-5-6-17-37(35)38-18-7-8-19-39(38)41/h2-25,27-30H,26H2,1H3. The first-order valence-corrected chi connectivity index (χ1v) is 17.8. The zero-order valence-electron chi connectivity index (χ0n) is 28.6. The van der Waals surface area contributed by atoms with Gasteiger partial charge in [0.1, 0.15) is 11.2 Å². The predicted molar refractivity (Wildman–Crippen MR) is 215 cm³/mol. The van der Waals surface area contributed by atoms with Gasteiger partial charge in [0.15, 0.2) is 17.5 Å². The summed E-state index contributed by atoms with van der Waals surface area (Å²) in [7, 11) is 0. The van der Waals surface area contributed by atoms with E-state index in [0.717, 1.165) is 66.9 Å². The third kappa shape index (κ3) is 5.19. The van der Waals surface area contributed by atoms with Gasteiger partial charge in [-0.1, -0.05) is 146 Å². The SMILES string of the molecule is CC1C=CC=C(c2ccc(-c3cc(-c4nc(-c5ccccc5)nc(-c5cc6ccccc6c6ccccc56)n4)c4c(c3)oc3ccccc34)cc2)C1. The van der Waals surface area contributed by atoms with Crippen LogP contribution in [-0.2, 0) is 0 Å². The van der Waals surface area contributed by atoms with Crippen LogP contribution in [0.2, 0.25) is 0 Å². The maximum absolute atomic E-state index is 6.56. The first-order chi connectivity index (χ1) is 25.7. The van der Waals surface area contributed by atoms with Crippen molar-refractivity contribution in [3.63, 3.8) is 0 Å². The maximum atomic E-state index is 6.56. The molecular weight excluding hydrogens is 635 g/mol. The average molecular weight is 668 g/mol. The van der Waals surface area contributed by atoms with E-state index < -0.39 is 0 Å². The number of hydrogen-bond acceptors (Lipinski definition) is 4. The molecule has 4 heteroatoms. The Hall–Kier alpha value is -6.65. The van der Waals surface area contributed by atoms with Crippen molar-refractivity contribution in [2.75, 3.05) is 0 Å². The second-order valence-corrected chi connectivity index (χ2v) is 13.7. The van der Waals surface area contributed by atoms with Crippen molar-refractivity contribution in [2.24, 2.45) is 5.92 Å². The molecule has 2 aromatic heterocycles. The molecule has 0 N–H and O–H groups in total. The van der Waals surface area contributed by atoms with Crippen LogP contribution in [0.25, 0.3) is 94.3 Å². The fourth-order valence-corrected chi connectivity index (χ4v) is 7.71.